The number of hydrogen-bond acceptors (Lipinski definition) is 6. The third-order valence-corrected chi connectivity index (χ3v) is 4.41. The summed E-state index contributed by atoms with van der Waals surface area (Å²) in [5, 5.41) is 14.9. The molecule has 1 saturated heterocycles. The highest BCUT2D eigenvalue weighted by Gasteiger charge is 2.12. The number of non-ortho nitro benzene ring substituents is 1. The number of methoxy groups -OCH3 is 1. The molecule has 0 spiro atoms. The Morgan fingerprint density at radius 1 is 1.15 bits per heavy atom. The van der Waals surface area contributed by atoms with E-state index in [9.17, 15) is 10.1 Å². The molecular formula is C19H22N4O3. The van der Waals surface area contributed by atoms with E-state index in [0.717, 1.165) is 24.4 Å². The Balaban J connectivity index is 1.68. The Bertz CT molecular complexity index is 784. The fourth-order valence-electron chi connectivity index (χ4n) is 2.99. The Morgan fingerprint density at radius 3 is 2.54 bits per heavy atom. The minimum atomic E-state index is -0.429. The summed E-state index contributed by atoms with van der Waals surface area (Å²) in [4.78, 5) is 12.6. The molecular weight excluding hydrogens is 332 g/mol. The van der Waals surface area contributed by atoms with Gasteiger partial charge in [-0.05, 0) is 43.5 Å². The highest BCUT2D eigenvalue weighted by molar-refractivity contribution is 5.85. The van der Waals surface area contributed by atoms with Crippen LogP contribution in [0.1, 0.15) is 24.8 Å². The van der Waals surface area contributed by atoms with Crippen molar-refractivity contribution in [1.29, 1.82) is 0 Å². The molecule has 2 aromatic rings. The van der Waals surface area contributed by atoms with E-state index in [0.29, 0.717) is 5.69 Å². The number of nitro benzene ring substituents is 1. The zero-order valence-electron chi connectivity index (χ0n) is 14.7. The van der Waals surface area contributed by atoms with Crippen molar-refractivity contribution < 1.29 is 9.66 Å². The first-order chi connectivity index (χ1) is 12.7. The number of hydrogen-bond donors (Lipinski definition) is 1. The minimum absolute atomic E-state index is 0.0505. The van der Waals surface area contributed by atoms with Crippen molar-refractivity contribution >= 4 is 23.3 Å². The quantitative estimate of drug-likeness (QED) is 0.481. The summed E-state index contributed by atoms with van der Waals surface area (Å²) in [5.74, 6) is 0.766. The van der Waals surface area contributed by atoms with E-state index in [1.54, 1.807) is 25.5 Å². The van der Waals surface area contributed by atoms with Crippen LogP contribution in [-0.4, -0.2) is 31.3 Å². The van der Waals surface area contributed by atoms with Crippen LogP contribution in [0.4, 0.5) is 17.1 Å². The second kappa shape index (κ2) is 8.33. The summed E-state index contributed by atoms with van der Waals surface area (Å²) in [6, 6.07) is 12.2. The largest absolute Gasteiger partial charge is 0.496 e. The minimum Gasteiger partial charge on any atom is -0.496 e. The van der Waals surface area contributed by atoms with E-state index < -0.39 is 4.92 Å². The summed E-state index contributed by atoms with van der Waals surface area (Å²) in [5.41, 5.74) is 5.63. The Morgan fingerprint density at radius 2 is 1.88 bits per heavy atom. The molecule has 0 atom stereocenters. The molecule has 0 radical (unpaired) electrons. The first kappa shape index (κ1) is 17.7. The smallest absolute Gasteiger partial charge is 0.269 e. The van der Waals surface area contributed by atoms with Crippen molar-refractivity contribution in [2.45, 2.75) is 19.3 Å². The molecule has 136 valence electrons. The van der Waals surface area contributed by atoms with E-state index in [1.165, 1.54) is 37.1 Å². The average molecular weight is 354 g/mol. The van der Waals surface area contributed by atoms with Gasteiger partial charge >= 0.3 is 0 Å². The molecule has 3 rings (SSSR count). The predicted octanol–water partition coefficient (Wildman–Crippen LogP) is 4.04. The number of nitrogens with zero attached hydrogens (tertiary/aromatic N) is 3. The molecule has 0 amide bonds. The first-order valence-corrected chi connectivity index (χ1v) is 8.64. The van der Waals surface area contributed by atoms with Crippen LogP contribution < -0.4 is 15.1 Å². The molecule has 0 unspecified atom stereocenters. The van der Waals surface area contributed by atoms with Crippen molar-refractivity contribution in [3.8, 4) is 5.75 Å². The molecule has 0 saturated carbocycles. The molecule has 7 nitrogen and oxygen atoms in total. The predicted molar refractivity (Wildman–Crippen MR) is 103 cm³/mol. The van der Waals surface area contributed by atoms with Crippen molar-refractivity contribution in [3.63, 3.8) is 0 Å². The second-order valence-electron chi connectivity index (χ2n) is 6.15. The third-order valence-electron chi connectivity index (χ3n) is 4.41. The van der Waals surface area contributed by atoms with E-state index in [2.05, 4.69) is 21.5 Å². The number of nitro groups is 1. The fraction of sp³-hybridized carbons (Fsp3) is 0.316. The van der Waals surface area contributed by atoms with Crippen molar-refractivity contribution in [2.75, 3.05) is 30.5 Å². The lowest BCUT2D eigenvalue weighted by Crippen LogP contribution is -2.29. The lowest BCUT2D eigenvalue weighted by Gasteiger charge is -2.29. The zero-order valence-corrected chi connectivity index (χ0v) is 14.7. The normalized spacial score (nSPS) is 14.4. The van der Waals surface area contributed by atoms with Crippen LogP contribution in [0.2, 0.25) is 0 Å². The molecule has 2 aromatic carbocycles. The zero-order chi connectivity index (χ0) is 18.4. The van der Waals surface area contributed by atoms with E-state index in [4.69, 9.17) is 4.74 Å². The van der Waals surface area contributed by atoms with Gasteiger partial charge in [0.2, 0.25) is 0 Å². The number of piperidine rings is 1. The third kappa shape index (κ3) is 4.30. The van der Waals surface area contributed by atoms with E-state index >= 15 is 0 Å². The first-order valence-electron chi connectivity index (χ1n) is 8.64. The van der Waals surface area contributed by atoms with Crippen LogP contribution in [-0.2, 0) is 0 Å². The van der Waals surface area contributed by atoms with Gasteiger partial charge in [0.1, 0.15) is 5.75 Å². The van der Waals surface area contributed by atoms with Gasteiger partial charge in [-0.1, -0.05) is 0 Å². The van der Waals surface area contributed by atoms with E-state index in [-0.39, 0.29) is 5.69 Å². The lowest BCUT2D eigenvalue weighted by atomic mass is 10.1. The second-order valence-corrected chi connectivity index (χ2v) is 6.15. The van der Waals surface area contributed by atoms with E-state index in [1.807, 2.05) is 12.1 Å². The maximum atomic E-state index is 10.7. The monoisotopic (exact) mass is 354 g/mol. The fourth-order valence-corrected chi connectivity index (χ4v) is 2.99. The number of anilines is 2. The van der Waals surface area contributed by atoms with Gasteiger partial charge in [0, 0.05) is 42.5 Å². The topological polar surface area (TPSA) is 80.0 Å². The van der Waals surface area contributed by atoms with Crippen LogP contribution in [0.15, 0.2) is 47.6 Å². The maximum Gasteiger partial charge on any atom is 0.269 e. The molecule has 0 aromatic heterocycles. The maximum absolute atomic E-state index is 10.7. The molecule has 0 bridgehead atoms. The van der Waals surface area contributed by atoms with Gasteiger partial charge < -0.3 is 9.64 Å². The van der Waals surface area contributed by atoms with Crippen LogP contribution in [0.25, 0.3) is 0 Å². The summed E-state index contributed by atoms with van der Waals surface area (Å²) in [7, 11) is 1.65. The van der Waals surface area contributed by atoms with Gasteiger partial charge in [0.25, 0.3) is 5.69 Å². The molecule has 1 heterocycles. The number of ether oxygens (including phenoxy) is 1. The number of benzene rings is 2. The summed E-state index contributed by atoms with van der Waals surface area (Å²) >= 11 is 0. The van der Waals surface area contributed by atoms with Crippen LogP contribution in [0, 0.1) is 10.1 Å². The van der Waals surface area contributed by atoms with Crippen LogP contribution >= 0.6 is 0 Å². The Labute approximate surface area is 152 Å². The molecule has 1 fully saturated rings. The van der Waals surface area contributed by atoms with Gasteiger partial charge in [-0.15, -0.1) is 0 Å². The van der Waals surface area contributed by atoms with Gasteiger partial charge in [-0.2, -0.15) is 5.10 Å². The average Bonchev–Trinajstić information content (AvgIpc) is 2.69. The highest BCUT2D eigenvalue weighted by atomic mass is 16.6. The number of nitrogens with one attached hydrogen (secondary N) is 1. The van der Waals surface area contributed by atoms with Gasteiger partial charge in [-0.3, -0.25) is 15.5 Å². The van der Waals surface area contributed by atoms with Crippen LogP contribution in [0.5, 0.6) is 5.75 Å². The molecule has 1 aliphatic heterocycles. The van der Waals surface area contributed by atoms with Crippen molar-refractivity contribution in [2.24, 2.45) is 5.10 Å². The van der Waals surface area contributed by atoms with Crippen LogP contribution in [0.3, 0.4) is 0 Å². The SMILES string of the molecule is COc1cc(N2CCCCC2)ccc1/C=N\Nc1ccc([N+](=O)[O-])cc1. The molecule has 1 aliphatic rings. The lowest BCUT2D eigenvalue weighted by molar-refractivity contribution is -0.384. The number of hydrazone groups is 1. The molecule has 0 aliphatic carbocycles. The molecule has 1 N–H and O–H groups in total. The molecule has 7 heteroatoms. The van der Waals surface area contributed by atoms with Gasteiger partial charge in [-0.25, -0.2) is 0 Å². The Hall–Kier alpha value is -3.09. The van der Waals surface area contributed by atoms with Crippen molar-refractivity contribution in [3.05, 3.63) is 58.1 Å². The molecule has 26 heavy (non-hydrogen) atoms. The van der Waals surface area contributed by atoms with Crippen molar-refractivity contribution in [1.82, 2.24) is 0 Å². The number of rotatable bonds is 6. The van der Waals surface area contributed by atoms with Gasteiger partial charge in [0.15, 0.2) is 0 Å². The van der Waals surface area contributed by atoms with Gasteiger partial charge in [0.05, 0.1) is 23.9 Å². The summed E-state index contributed by atoms with van der Waals surface area (Å²) in [6.07, 6.45) is 5.43. The Kier molecular flexibility index (Phi) is 5.68. The standard InChI is InChI=1S/C19H22N4O3/c1-26-19-13-18(22-11-3-2-4-12-22)8-5-15(19)14-20-21-16-6-9-17(10-7-16)23(24)25/h5-10,13-14,21H,2-4,11-12H2,1H3/b20-14-. The summed E-state index contributed by atoms with van der Waals surface area (Å²) in [6.45, 7) is 2.16. The highest BCUT2D eigenvalue weighted by Crippen LogP contribution is 2.27. The summed E-state index contributed by atoms with van der Waals surface area (Å²) < 4.78 is 5.50.